The van der Waals surface area contributed by atoms with Crippen LogP contribution >= 0.6 is 23.8 Å². The van der Waals surface area contributed by atoms with Crippen LogP contribution in [-0.4, -0.2) is 47.0 Å². The molecule has 2 aromatic rings. The van der Waals surface area contributed by atoms with Gasteiger partial charge in [0.1, 0.15) is 0 Å². The molecule has 7 heteroatoms. The van der Waals surface area contributed by atoms with Crippen LogP contribution in [0.2, 0.25) is 5.02 Å². The molecule has 0 spiro atoms. The second-order valence-corrected chi connectivity index (χ2v) is 6.84. The lowest BCUT2D eigenvalue weighted by Gasteiger charge is -2.11. The summed E-state index contributed by atoms with van der Waals surface area (Å²) in [7, 11) is 4.12. The van der Waals surface area contributed by atoms with Crippen LogP contribution in [0.4, 0.5) is 5.82 Å². The van der Waals surface area contributed by atoms with Gasteiger partial charge in [-0.3, -0.25) is 4.68 Å². The van der Waals surface area contributed by atoms with E-state index in [1.165, 1.54) is 0 Å². The topological polar surface area (TPSA) is 45.1 Å². The van der Waals surface area contributed by atoms with Crippen molar-refractivity contribution in [2.45, 2.75) is 19.9 Å². The lowest BCUT2D eigenvalue weighted by Crippen LogP contribution is -2.31. The van der Waals surface area contributed by atoms with Gasteiger partial charge in [0.05, 0.1) is 6.54 Å². The number of anilines is 1. The van der Waals surface area contributed by atoms with Crippen molar-refractivity contribution in [3.63, 3.8) is 0 Å². The van der Waals surface area contributed by atoms with Gasteiger partial charge in [-0.15, -0.1) is 0 Å². The van der Waals surface area contributed by atoms with Crippen molar-refractivity contribution in [1.29, 1.82) is 0 Å². The molecular weight excluding hydrogens is 342 g/mol. The second-order valence-electron chi connectivity index (χ2n) is 6.00. The number of thiocarbonyl (C=S) groups is 1. The summed E-state index contributed by atoms with van der Waals surface area (Å²) in [4.78, 5) is 2.15. The number of rotatable bonds is 7. The molecule has 0 fully saturated rings. The first-order chi connectivity index (χ1) is 11.4. The van der Waals surface area contributed by atoms with Gasteiger partial charge in [0, 0.05) is 23.3 Å². The number of halogens is 1. The summed E-state index contributed by atoms with van der Waals surface area (Å²) in [5, 5.41) is 12.2. The van der Waals surface area contributed by atoms with Crippen LogP contribution in [0.25, 0.3) is 0 Å². The Morgan fingerprint density at radius 1 is 1.33 bits per heavy atom. The van der Waals surface area contributed by atoms with Crippen LogP contribution in [0.15, 0.2) is 30.3 Å². The Kier molecular flexibility index (Phi) is 7.02. The Bertz CT molecular complexity index is 683. The largest absolute Gasteiger partial charge is 0.362 e. The van der Waals surface area contributed by atoms with Gasteiger partial charge in [0.25, 0.3) is 0 Å². The summed E-state index contributed by atoms with van der Waals surface area (Å²) in [5.41, 5.74) is 2.18. The number of aryl methyl sites for hydroxylation is 1. The highest BCUT2D eigenvalue weighted by molar-refractivity contribution is 7.80. The zero-order valence-electron chi connectivity index (χ0n) is 14.3. The SMILES string of the molecule is Cc1cc(NC(=S)NCCCN(C)C)nn1Cc1cccc(Cl)c1. The lowest BCUT2D eigenvalue weighted by atomic mass is 10.2. The van der Waals surface area contributed by atoms with Crippen LogP contribution in [0.5, 0.6) is 0 Å². The van der Waals surface area contributed by atoms with Crippen molar-refractivity contribution in [2.75, 3.05) is 32.5 Å². The number of hydrogen-bond acceptors (Lipinski definition) is 3. The van der Waals surface area contributed by atoms with Crippen LogP contribution in [-0.2, 0) is 6.54 Å². The number of hydrogen-bond donors (Lipinski definition) is 2. The summed E-state index contributed by atoms with van der Waals surface area (Å²) in [6.07, 6.45) is 1.04. The summed E-state index contributed by atoms with van der Waals surface area (Å²) in [6, 6.07) is 9.79. The molecule has 1 aromatic carbocycles. The fourth-order valence-electron chi connectivity index (χ4n) is 2.30. The smallest absolute Gasteiger partial charge is 0.171 e. The minimum atomic E-state index is 0.598. The molecule has 0 saturated heterocycles. The third kappa shape index (κ3) is 6.11. The van der Waals surface area contributed by atoms with Crippen molar-refractivity contribution in [1.82, 2.24) is 20.0 Å². The Balaban J connectivity index is 1.88. The Morgan fingerprint density at radius 3 is 2.83 bits per heavy atom. The molecule has 0 atom stereocenters. The molecule has 0 aliphatic carbocycles. The Hall–Kier alpha value is -1.63. The fraction of sp³-hybridized carbons (Fsp3) is 0.412. The molecular formula is C17H24ClN5S. The van der Waals surface area contributed by atoms with Gasteiger partial charge < -0.3 is 15.5 Å². The third-order valence-electron chi connectivity index (χ3n) is 3.51. The lowest BCUT2D eigenvalue weighted by molar-refractivity contribution is 0.400. The molecule has 5 nitrogen and oxygen atoms in total. The van der Waals surface area contributed by atoms with Crippen molar-refractivity contribution in [2.24, 2.45) is 0 Å². The molecule has 2 N–H and O–H groups in total. The van der Waals surface area contributed by atoms with Gasteiger partial charge in [0.2, 0.25) is 0 Å². The highest BCUT2D eigenvalue weighted by atomic mass is 35.5. The standard InChI is InChI=1S/C17H24ClN5S/c1-13-10-16(20-17(24)19-8-5-9-22(2)3)21-23(13)12-14-6-4-7-15(18)11-14/h4,6-7,10-11H,5,8-9,12H2,1-3H3,(H2,19,20,21,24). The maximum absolute atomic E-state index is 6.03. The van der Waals surface area contributed by atoms with E-state index in [2.05, 4.69) is 34.7 Å². The van der Waals surface area contributed by atoms with Gasteiger partial charge in [-0.25, -0.2) is 0 Å². The predicted molar refractivity (Wildman–Crippen MR) is 105 cm³/mol. The molecule has 0 bridgehead atoms. The molecule has 0 radical (unpaired) electrons. The first-order valence-electron chi connectivity index (χ1n) is 7.92. The first-order valence-corrected chi connectivity index (χ1v) is 8.71. The maximum atomic E-state index is 6.03. The summed E-state index contributed by atoms with van der Waals surface area (Å²) in [5.74, 6) is 0.750. The summed E-state index contributed by atoms with van der Waals surface area (Å²) in [6.45, 7) is 4.57. The number of aromatic nitrogens is 2. The van der Waals surface area contributed by atoms with E-state index in [4.69, 9.17) is 23.8 Å². The Morgan fingerprint density at radius 2 is 2.12 bits per heavy atom. The maximum Gasteiger partial charge on any atom is 0.171 e. The van der Waals surface area contributed by atoms with E-state index in [1.807, 2.05) is 41.9 Å². The minimum Gasteiger partial charge on any atom is -0.362 e. The van der Waals surface area contributed by atoms with E-state index in [1.54, 1.807) is 0 Å². The van der Waals surface area contributed by atoms with Crippen LogP contribution in [0.3, 0.4) is 0 Å². The zero-order valence-corrected chi connectivity index (χ0v) is 15.9. The van der Waals surface area contributed by atoms with Gasteiger partial charge in [-0.05, 0) is 63.9 Å². The average Bonchev–Trinajstić information content (AvgIpc) is 2.83. The summed E-state index contributed by atoms with van der Waals surface area (Å²) < 4.78 is 1.93. The van der Waals surface area contributed by atoms with Crippen LogP contribution < -0.4 is 10.6 Å². The molecule has 0 aliphatic rings. The molecule has 0 saturated carbocycles. The molecule has 2 rings (SSSR count). The monoisotopic (exact) mass is 365 g/mol. The highest BCUT2D eigenvalue weighted by Gasteiger charge is 2.07. The first kappa shape index (κ1) is 18.7. The second kappa shape index (κ2) is 9.01. The van der Waals surface area contributed by atoms with E-state index >= 15 is 0 Å². The van der Waals surface area contributed by atoms with Gasteiger partial charge in [0.15, 0.2) is 10.9 Å². The number of nitrogens with zero attached hydrogens (tertiary/aromatic N) is 3. The highest BCUT2D eigenvalue weighted by Crippen LogP contribution is 2.14. The van der Waals surface area contributed by atoms with E-state index < -0.39 is 0 Å². The van der Waals surface area contributed by atoms with Crippen molar-refractivity contribution in [3.8, 4) is 0 Å². The molecule has 1 heterocycles. The van der Waals surface area contributed by atoms with Crippen LogP contribution in [0.1, 0.15) is 17.7 Å². The van der Waals surface area contributed by atoms with Crippen LogP contribution in [0, 0.1) is 6.92 Å². The van der Waals surface area contributed by atoms with Gasteiger partial charge in [-0.1, -0.05) is 23.7 Å². The van der Waals surface area contributed by atoms with Crippen molar-refractivity contribution >= 4 is 34.7 Å². The van der Waals surface area contributed by atoms with E-state index in [0.29, 0.717) is 11.7 Å². The summed E-state index contributed by atoms with van der Waals surface area (Å²) >= 11 is 11.3. The van der Waals surface area contributed by atoms with E-state index in [9.17, 15) is 0 Å². The molecule has 0 aliphatic heterocycles. The minimum absolute atomic E-state index is 0.598. The predicted octanol–water partition coefficient (Wildman–Crippen LogP) is 3.13. The molecule has 0 amide bonds. The zero-order chi connectivity index (χ0) is 17.5. The average molecular weight is 366 g/mol. The van der Waals surface area contributed by atoms with Crippen molar-refractivity contribution in [3.05, 3.63) is 46.6 Å². The normalized spacial score (nSPS) is 10.9. The quantitative estimate of drug-likeness (QED) is 0.583. The third-order valence-corrected chi connectivity index (χ3v) is 3.99. The Labute approximate surface area is 154 Å². The van der Waals surface area contributed by atoms with E-state index in [0.717, 1.165) is 41.6 Å². The van der Waals surface area contributed by atoms with Crippen molar-refractivity contribution < 1.29 is 0 Å². The molecule has 0 unspecified atom stereocenters. The van der Waals surface area contributed by atoms with Gasteiger partial charge >= 0.3 is 0 Å². The fourth-order valence-corrected chi connectivity index (χ4v) is 2.72. The van der Waals surface area contributed by atoms with Gasteiger partial charge in [-0.2, -0.15) is 5.10 Å². The molecule has 1 aromatic heterocycles. The number of nitrogens with one attached hydrogen (secondary N) is 2. The molecule has 130 valence electrons. The van der Waals surface area contributed by atoms with E-state index in [-0.39, 0.29) is 0 Å². The molecule has 24 heavy (non-hydrogen) atoms. The number of benzene rings is 1.